The molecule has 0 spiro atoms. The quantitative estimate of drug-likeness (QED) is 0.330. The highest BCUT2D eigenvalue weighted by atomic mass is 19.4. The molecule has 3 unspecified atom stereocenters. The largest absolute Gasteiger partial charge is 0.416 e. The number of hydrogen-bond donors (Lipinski definition) is 0. The van der Waals surface area contributed by atoms with Crippen LogP contribution in [0.2, 0.25) is 0 Å². The molecule has 0 aliphatic heterocycles. The topological polar surface area (TPSA) is 27.1 Å². The molecule has 1 aliphatic rings. The lowest BCUT2D eigenvalue weighted by Crippen LogP contribution is -2.24. The van der Waals surface area contributed by atoms with Crippen molar-refractivity contribution < 1.29 is 35.5 Å². The zero-order valence-electron chi connectivity index (χ0n) is 18.7. The minimum Gasteiger partial charge on any atom is -0.370 e. The van der Waals surface area contributed by atoms with Crippen molar-refractivity contribution in [3.8, 4) is 0 Å². The van der Waals surface area contributed by atoms with E-state index in [9.17, 15) is 30.7 Å². The van der Waals surface area contributed by atoms with Crippen molar-refractivity contribution in [2.24, 2.45) is 5.92 Å². The molecule has 1 aliphatic carbocycles. The summed E-state index contributed by atoms with van der Waals surface area (Å²) in [6, 6.07) is 7.43. The lowest BCUT2D eigenvalue weighted by molar-refractivity contribution is -0.143. The van der Waals surface area contributed by atoms with Crippen molar-refractivity contribution in [1.29, 1.82) is 0 Å². The van der Waals surface area contributed by atoms with Crippen molar-refractivity contribution in [2.45, 2.75) is 56.8 Å². The molecule has 0 N–H and O–H groups in total. The van der Waals surface area contributed by atoms with Gasteiger partial charge in [0.2, 0.25) is 0 Å². The molecule has 0 radical (unpaired) electrons. The van der Waals surface area contributed by atoms with Gasteiger partial charge >= 0.3 is 12.4 Å². The Morgan fingerprint density at radius 1 is 0.971 bits per heavy atom. The van der Waals surface area contributed by atoms with Crippen LogP contribution in [-0.4, -0.2) is 15.7 Å². The molecule has 0 bridgehead atoms. The van der Waals surface area contributed by atoms with E-state index in [1.165, 1.54) is 19.1 Å². The molecule has 35 heavy (non-hydrogen) atoms. The zero-order valence-corrected chi connectivity index (χ0v) is 18.7. The Labute approximate surface area is 197 Å². The average Bonchev–Trinajstić information content (AvgIpc) is 3.43. The van der Waals surface area contributed by atoms with Crippen LogP contribution in [0.25, 0.3) is 0 Å². The summed E-state index contributed by atoms with van der Waals surface area (Å²) in [6.45, 7) is 2.04. The first kappa shape index (κ1) is 25.2. The summed E-state index contributed by atoms with van der Waals surface area (Å²) in [7, 11) is 0. The predicted molar refractivity (Wildman–Crippen MR) is 114 cm³/mol. The molecule has 3 aromatic rings. The highest BCUT2D eigenvalue weighted by molar-refractivity contribution is 5.35. The molecule has 10 heteroatoms. The Kier molecular flexibility index (Phi) is 6.95. The van der Waals surface area contributed by atoms with Crippen LogP contribution in [0.4, 0.5) is 30.7 Å². The molecule has 4 atom stereocenters. The number of imidazole rings is 1. The summed E-state index contributed by atoms with van der Waals surface area (Å²) in [4.78, 5) is 4.04. The Bertz CT molecular complexity index is 1090. The molecule has 2 aromatic carbocycles. The third-order valence-corrected chi connectivity index (χ3v) is 6.45. The van der Waals surface area contributed by atoms with Gasteiger partial charge < -0.3 is 9.30 Å². The van der Waals surface area contributed by atoms with Crippen LogP contribution in [0.3, 0.4) is 0 Å². The van der Waals surface area contributed by atoms with Gasteiger partial charge in [0, 0.05) is 24.9 Å². The van der Waals surface area contributed by atoms with Gasteiger partial charge in [-0.25, -0.2) is 9.37 Å². The van der Waals surface area contributed by atoms with E-state index in [0.717, 1.165) is 5.56 Å². The van der Waals surface area contributed by atoms with Crippen molar-refractivity contribution in [2.75, 3.05) is 0 Å². The highest BCUT2D eigenvalue weighted by Gasteiger charge is 2.40. The maximum absolute atomic E-state index is 13.5. The first-order valence-corrected chi connectivity index (χ1v) is 11.1. The Morgan fingerprint density at radius 3 is 2.14 bits per heavy atom. The maximum Gasteiger partial charge on any atom is 0.416 e. The Balaban J connectivity index is 1.63. The van der Waals surface area contributed by atoms with Gasteiger partial charge in [0.15, 0.2) is 0 Å². The summed E-state index contributed by atoms with van der Waals surface area (Å²) >= 11 is 0. The van der Waals surface area contributed by atoms with Crippen molar-refractivity contribution >= 4 is 0 Å². The van der Waals surface area contributed by atoms with E-state index >= 15 is 0 Å². The molecule has 4 rings (SSSR count). The van der Waals surface area contributed by atoms with Crippen molar-refractivity contribution in [3.63, 3.8) is 0 Å². The van der Waals surface area contributed by atoms with Crippen molar-refractivity contribution in [3.05, 3.63) is 89.3 Å². The molecule has 0 saturated heterocycles. The molecule has 1 saturated carbocycles. The lowest BCUT2D eigenvalue weighted by Gasteiger charge is -2.29. The smallest absolute Gasteiger partial charge is 0.370 e. The molecule has 1 fully saturated rings. The van der Waals surface area contributed by atoms with E-state index < -0.39 is 41.5 Å². The van der Waals surface area contributed by atoms with Crippen molar-refractivity contribution in [1.82, 2.24) is 9.55 Å². The predicted octanol–water partition coefficient (Wildman–Crippen LogP) is 7.40. The number of ether oxygens (including phenoxy) is 1. The molecule has 1 aromatic heterocycles. The summed E-state index contributed by atoms with van der Waals surface area (Å²) in [5.74, 6) is -0.583. The minimum absolute atomic E-state index is 0.0547. The van der Waals surface area contributed by atoms with Gasteiger partial charge in [-0.05, 0) is 67.1 Å². The second-order valence-corrected chi connectivity index (χ2v) is 8.83. The van der Waals surface area contributed by atoms with E-state index in [2.05, 4.69) is 4.98 Å². The van der Waals surface area contributed by atoms with Gasteiger partial charge in [-0.2, -0.15) is 26.3 Å². The fraction of sp³-hybridized carbons (Fsp3) is 0.400. The number of benzene rings is 2. The van der Waals surface area contributed by atoms with E-state index in [1.54, 1.807) is 30.9 Å². The van der Waals surface area contributed by atoms with Gasteiger partial charge in [0.1, 0.15) is 5.82 Å². The first-order valence-electron chi connectivity index (χ1n) is 11.1. The van der Waals surface area contributed by atoms with Crippen LogP contribution in [0.15, 0.2) is 61.2 Å². The van der Waals surface area contributed by atoms with Crippen LogP contribution >= 0.6 is 0 Å². The first-order chi connectivity index (χ1) is 16.4. The third-order valence-electron chi connectivity index (χ3n) is 6.45. The molecule has 0 amide bonds. The molecule has 188 valence electrons. The van der Waals surface area contributed by atoms with Crippen LogP contribution in [-0.2, 0) is 23.6 Å². The summed E-state index contributed by atoms with van der Waals surface area (Å²) < 4.78 is 101. The average molecular weight is 500 g/mol. The minimum atomic E-state index is -4.93. The third kappa shape index (κ3) is 5.86. The van der Waals surface area contributed by atoms with Crippen LogP contribution in [0.5, 0.6) is 0 Å². The fourth-order valence-corrected chi connectivity index (χ4v) is 4.79. The van der Waals surface area contributed by atoms with Crippen LogP contribution in [0, 0.1) is 11.7 Å². The Morgan fingerprint density at radius 2 is 1.60 bits per heavy atom. The van der Waals surface area contributed by atoms with E-state index in [0.29, 0.717) is 31.5 Å². The van der Waals surface area contributed by atoms with E-state index in [4.69, 9.17) is 4.74 Å². The number of rotatable bonds is 6. The summed E-state index contributed by atoms with van der Waals surface area (Å²) in [5.41, 5.74) is -2.16. The highest BCUT2D eigenvalue weighted by Crippen LogP contribution is 2.45. The van der Waals surface area contributed by atoms with E-state index in [1.807, 2.05) is 4.57 Å². The molecule has 1 heterocycles. The lowest BCUT2D eigenvalue weighted by atomic mass is 9.87. The normalized spacial score (nSPS) is 21.9. The van der Waals surface area contributed by atoms with Gasteiger partial charge in [-0.3, -0.25) is 0 Å². The molecule has 3 nitrogen and oxygen atoms in total. The monoisotopic (exact) mass is 500 g/mol. The molecular formula is C25H23F7N2O. The standard InChI is InChI=1S/C25H23F7N2O/c1-15(18-10-19(24(27,28)29)12-20(11-18)25(30,31)32)35-22-7-4-17(13-34-9-8-33-14-34)23(22)16-2-5-21(26)6-3-16/h2-3,5-6,8-12,14-15,17,22-23H,4,7,13H2,1H3/t15-,17?,22?,23?/m1/s1. The zero-order chi connectivity index (χ0) is 25.4. The van der Waals surface area contributed by atoms with Gasteiger partial charge in [0.25, 0.3) is 0 Å². The van der Waals surface area contributed by atoms with E-state index in [-0.39, 0.29) is 23.5 Å². The number of alkyl halides is 6. The van der Waals surface area contributed by atoms with Gasteiger partial charge in [-0.1, -0.05) is 12.1 Å². The number of halogens is 7. The Hall–Kier alpha value is -2.88. The number of nitrogens with zero attached hydrogens (tertiary/aromatic N) is 2. The second kappa shape index (κ2) is 9.64. The van der Waals surface area contributed by atoms with Crippen LogP contribution < -0.4 is 0 Å². The van der Waals surface area contributed by atoms with Gasteiger partial charge in [0.05, 0.1) is 29.7 Å². The number of aromatic nitrogens is 2. The second-order valence-electron chi connectivity index (χ2n) is 8.83. The number of hydrogen-bond acceptors (Lipinski definition) is 2. The SMILES string of the molecule is C[C@@H](OC1CCC(Cn2ccnc2)C1c1ccc(F)cc1)c1cc(C(F)(F)F)cc(C(F)(F)F)c1. The van der Waals surface area contributed by atoms with Gasteiger partial charge in [-0.15, -0.1) is 0 Å². The summed E-state index contributed by atoms with van der Waals surface area (Å²) in [5, 5.41) is 0. The summed E-state index contributed by atoms with van der Waals surface area (Å²) in [6.07, 6.45) is -4.99. The maximum atomic E-state index is 13.5. The van der Waals surface area contributed by atoms with Crippen LogP contribution in [0.1, 0.15) is 54.0 Å². The fourth-order valence-electron chi connectivity index (χ4n) is 4.79. The molecular weight excluding hydrogens is 477 g/mol.